The minimum absolute atomic E-state index is 0.0439. The van der Waals surface area contributed by atoms with Gasteiger partial charge in [-0.15, -0.1) is 0 Å². The quantitative estimate of drug-likeness (QED) is 0.131. The summed E-state index contributed by atoms with van der Waals surface area (Å²) >= 11 is 0. The van der Waals surface area contributed by atoms with Crippen LogP contribution in [0.2, 0.25) is 0 Å². The number of rotatable bonds is 19. The van der Waals surface area contributed by atoms with E-state index in [0.717, 1.165) is 6.42 Å². The molecule has 0 heterocycles. The van der Waals surface area contributed by atoms with E-state index in [4.69, 9.17) is 0 Å². The van der Waals surface area contributed by atoms with Gasteiger partial charge in [-0.1, -0.05) is 192 Å². The highest BCUT2D eigenvalue weighted by molar-refractivity contribution is 5.29. The summed E-state index contributed by atoms with van der Waals surface area (Å²) in [5, 5.41) is 0. The summed E-state index contributed by atoms with van der Waals surface area (Å²) < 4.78 is 0. The SMILES string of the molecule is C=C/C=C(\C=C/C)C(CC(C)(C)C(C)(C)C(CC(C)(C)C)c1ccccc1)C(C)(C)C(C)(C)C(C)CCC(C)(C)C(C)(C)CCCC. The Bertz CT molecular complexity index is 1140. The molecule has 0 heteroatoms. The molecule has 3 unspecified atom stereocenters. The van der Waals surface area contributed by atoms with E-state index in [0.29, 0.717) is 28.6 Å². The first-order valence-electron chi connectivity index (χ1n) is 19.3. The molecular weight excluding hydrogens is 565 g/mol. The number of allylic oxidation sites excluding steroid dienone is 5. The molecule has 0 bridgehead atoms. The predicted molar refractivity (Wildman–Crippen MR) is 215 cm³/mol. The first-order valence-corrected chi connectivity index (χ1v) is 19.3. The lowest BCUT2D eigenvalue weighted by Crippen LogP contribution is -2.48. The van der Waals surface area contributed by atoms with Crippen molar-refractivity contribution in [1.29, 1.82) is 0 Å². The summed E-state index contributed by atoms with van der Waals surface area (Å²) in [4.78, 5) is 0. The largest absolute Gasteiger partial charge is 0.0991 e. The van der Waals surface area contributed by atoms with Crippen LogP contribution in [-0.4, -0.2) is 0 Å². The molecule has 0 nitrogen and oxygen atoms in total. The van der Waals surface area contributed by atoms with E-state index < -0.39 is 0 Å². The second-order valence-corrected chi connectivity index (χ2v) is 20.2. The Balaban J connectivity index is 3.67. The minimum Gasteiger partial charge on any atom is -0.0991 e. The molecule has 0 aliphatic rings. The van der Waals surface area contributed by atoms with Crippen molar-refractivity contribution in [3.05, 3.63) is 72.4 Å². The van der Waals surface area contributed by atoms with Crippen LogP contribution in [0, 0.1) is 49.7 Å². The van der Waals surface area contributed by atoms with Gasteiger partial charge in [-0.3, -0.25) is 0 Å². The van der Waals surface area contributed by atoms with E-state index in [2.05, 4.69) is 180 Å². The zero-order chi connectivity index (χ0) is 36.7. The molecule has 0 saturated carbocycles. The highest BCUT2D eigenvalue weighted by atomic mass is 14.6. The minimum atomic E-state index is 0.0439. The zero-order valence-electron chi connectivity index (χ0n) is 35.1. The molecule has 0 amide bonds. The van der Waals surface area contributed by atoms with Gasteiger partial charge in [0.15, 0.2) is 0 Å². The highest BCUT2D eigenvalue weighted by Gasteiger charge is 2.52. The lowest BCUT2D eigenvalue weighted by atomic mass is 9.48. The Morgan fingerprint density at radius 3 is 1.70 bits per heavy atom. The van der Waals surface area contributed by atoms with Crippen molar-refractivity contribution in [2.45, 2.75) is 175 Å². The van der Waals surface area contributed by atoms with Crippen LogP contribution in [0.1, 0.15) is 181 Å². The van der Waals surface area contributed by atoms with Crippen molar-refractivity contribution in [3.8, 4) is 0 Å². The summed E-state index contributed by atoms with van der Waals surface area (Å²) in [6.07, 6.45) is 17.7. The van der Waals surface area contributed by atoms with Crippen LogP contribution in [-0.2, 0) is 0 Å². The third-order valence-corrected chi connectivity index (χ3v) is 14.4. The maximum absolute atomic E-state index is 4.19. The van der Waals surface area contributed by atoms with Gasteiger partial charge in [0.1, 0.15) is 0 Å². The average Bonchev–Trinajstić information content (AvgIpc) is 2.95. The molecule has 3 atom stereocenters. The van der Waals surface area contributed by atoms with E-state index in [1.807, 2.05) is 6.08 Å². The standard InChI is InChI=1S/C47H82/c1-20-23-32-42(8,9)43(10,11)33-31-36(4)45(14,15)47(18,19)40(37(27-21-2)28-22-3)35-44(12,13)46(16,17)39(34-41(5,6)7)38-29-25-24-26-30-38/h21-22,24-30,36,39-40H,2,20,23,31-35H2,1,3-19H3/b28-22-,37-27+. The Morgan fingerprint density at radius 1 is 0.702 bits per heavy atom. The van der Waals surface area contributed by atoms with Gasteiger partial charge in [-0.25, -0.2) is 0 Å². The van der Waals surface area contributed by atoms with Crippen LogP contribution in [0.15, 0.2) is 66.8 Å². The van der Waals surface area contributed by atoms with Gasteiger partial charge in [0, 0.05) is 0 Å². The number of hydrogen-bond donors (Lipinski definition) is 0. The molecule has 0 radical (unpaired) electrons. The monoisotopic (exact) mass is 647 g/mol. The van der Waals surface area contributed by atoms with Crippen LogP contribution >= 0.6 is 0 Å². The van der Waals surface area contributed by atoms with Crippen molar-refractivity contribution in [2.24, 2.45) is 49.7 Å². The van der Waals surface area contributed by atoms with Crippen LogP contribution in [0.5, 0.6) is 0 Å². The first kappa shape index (κ1) is 43.5. The molecule has 1 aromatic rings. The Labute approximate surface area is 296 Å². The van der Waals surface area contributed by atoms with Gasteiger partial charge in [-0.05, 0) is 106 Å². The third kappa shape index (κ3) is 10.7. The molecular formula is C47H82. The number of unbranched alkanes of at least 4 members (excludes halogenated alkanes) is 1. The lowest BCUT2D eigenvalue weighted by Gasteiger charge is -2.56. The lowest BCUT2D eigenvalue weighted by molar-refractivity contribution is -0.0411. The molecule has 0 spiro atoms. The van der Waals surface area contributed by atoms with Gasteiger partial charge in [-0.2, -0.15) is 0 Å². The summed E-state index contributed by atoms with van der Waals surface area (Å²) in [5.41, 5.74) is 4.07. The maximum Gasteiger partial charge on any atom is -0.0100 e. The van der Waals surface area contributed by atoms with Crippen LogP contribution < -0.4 is 0 Å². The zero-order valence-corrected chi connectivity index (χ0v) is 35.1. The smallest absolute Gasteiger partial charge is 0.0100 e. The van der Waals surface area contributed by atoms with Crippen LogP contribution in [0.25, 0.3) is 0 Å². The van der Waals surface area contributed by atoms with Gasteiger partial charge in [0.2, 0.25) is 0 Å². The molecule has 270 valence electrons. The summed E-state index contributed by atoms with van der Waals surface area (Å²) in [5.74, 6) is 1.43. The second-order valence-electron chi connectivity index (χ2n) is 20.2. The molecule has 0 aliphatic carbocycles. The van der Waals surface area contributed by atoms with Crippen molar-refractivity contribution in [3.63, 3.8) is 0 Å². The van der Waals surface area contributed by atoms with E-state index in [1.165, 1.54) is 49.7 Å². The maximum atomic E-state index is 4.19. The van der Waals surface area contributed by atoms with Crippen molar-refractivity contribution in [2.75, 3.05) is 0 Å². The first-order chi connectivity index (χ1) is 21.3. The normalized spacial score (nSPS) is 16.8. The fourth-order valence-corrected chi connectivity index (χ4v) is 8.06. The van der Waals surface area contributed by atoms with Gasteiger partial charge >= 0.3 is 0 Å². The van der Waals surface area contributed by atoms with E-state index in [9.17, 15) is 0 Å². The predicted octanol–water partition coefficient (Wildman–Crippen LogP) is 15.7. The molecule has 0 saturated heterocycles. The average molecular weight is 647 g/mol. The van der Waals surface area contributed by atoms with E-state index >= 15 is 0 Å². The molecule has 0 N–H and O–H groups in total. The fraction of sp³-hybridized carbons (Fsp3) is 0.745. The summed E-state index contributed by atoms with van der Waals surface area (Å²) in [6.45, 7) is 49.1. The van der Waals surface area contributed by atoms with E-state index in [-0.39, 0.29) is 27.1 Å². The topological polar surface area (TPSA) is 0 Å². The number of benzene rings is 1. The van der Waals surface area contributed by atoms with Crippen LogP contribution in [0.4, 0.5) is 0 Å². The summed E-state index contributed by atoms with van der Waals surface area (Å²) in [6, 6.07) is 11.4. The molecule has 1 rings (SSSR count). The fourth-order valence-electron chi connectivity index (χ4n) is 8.06. The van der Waals surface area contributed by atoms with Crippen molar-refractivity contribution in [1.82, 2.24) is 0 Å². The molecule has 47 heavy (non-hydrogen) atoms. The highest BCUT2D eigenvalue weighted by Crippen LogP contribution is 2.61. The Kier molecular flexibility index (Phi) is 15.2. The van der Waals surface area contributed by atoms with Gasteiger partial charge in [0.05, 0.1) is 0 Å². The van der Waals surface area contributed by atoms with Crippen molar-refractivity contribution < 1.29 is 0 Å². The molecule has 1 aromatic carbocycles. The van der Waals surface area contributed by atoms with E-state index in [1.54, 1.807) is 0 Å². The van der Waals surface area contributed by atoms with Gasteiger partial charge in [0.25, 0.3) is 0 Å². The Morgan fingerprint density at radius 2 is 1.23 bits per heavy atom. The molecule has 0 fully saturated rings. The second kappa shape index (κ2) is 16.4. The third-order valence-electron chi connectivity index (χ3n) is 14.4. The molecule has 0 aromatic heterocycles. The summed E-state index contributed by atoms with van der Waals surface area (Å²) in [7, 11) is 0. The van der Waals surface area contributed by atoms with Crippen LogP contribution in [0.3, 0.4) is 0 Å². The van der Waals surface area contributed by atoms with Gasteiger partial charge < -0.3 is 0 Å². The Hall–Kier alpha value is -1.56. The van der Waals surface area contributed by atoms with Crippen molar-refractivity contribution >= 4 is 0 Å². The molecule has 0 aliphatic heterocycles. The number of hydrogen-bond acceptors (Lipinski definition) is 0.